The summed E-state index contributed by atoms with van der Waals surface area (Å²) < 4.78 is 2.72. The molecular formula is C15H11BrClN3. The van der Waals surface area contributed by atoms with E-state index >= 15 is 0 Å². The fourth-order valence-electron chi connectivity index (χ4n) is 2.01. The molecule has 0 saturated heterocycles. The summed E-state index contributed by atoms with van der Waals surface area (Å²) in [5, 5.41) is 5.22. The molecule has 1 heterocycles. The smallest absolute Gasteiger partial charge is 0.116 e. The third-order valence-electron chi connectivity index (χ3n) is 2.94. The summed E-state index contributed by atoms with van der Waals surface area (Å²) in [6, 6.07) is 15.3. The average molecular weight is 349 g/mol. The number of benzene rings is 2. The van der Waals surface area contributed by atoms with E-state index < -0.39 is 0 Å². The van der Waals surface area contributed by atoms with Gasteiger partial charge in [0.2, 0.25) is 0 Å². The Kier molecular flexibility index (Phi) is 3.51. The number of halogens is 2. The van der Waals surface area contributed by atoms with E-state index in [0.717, 1.165) is 21.4 Å². The van der Waals surface area contributed by atoms with E-state index in [0.29, 0.717) is 10.7 Å². The van der Waals surface area contributed by atoms with Crippen LogP contribution in [0.5, 0.6) is 0 Å². The minimum Gasteiger partial charge on any atom is -0.396 e. The molecule has 0 radical (unpaired) electrons. The minimum absolute atomic E-state index is 0.614. The van der Waals surface area contributed by atoms with E-state index in [2.05, 4.69) is 21.0 Å². The molecule has 0 saturated carbocycles. The molecule has 2 aromatic carbocycles. The number of rotatable bonds is 2. The van der Waals surface area contributed by atoms with Crippen LogP contribution in [-0.4, -0.2) is 9.78 Å². The van der Waals surface area contributed by atoms with Crippen molar-refractivity contribution >= 4 is 33.2 Å². The van der Waals surface area contributed by atoms with Crippen LogP contribution in [-0.2, 0) is 0 Å². The van der Waals surface area contributed by atoms with Crippen molar-refractivity contribution in [3.63, 3.8) is 0 Å². The normalized spacial score (nSPS) is 10.7. The zero-order valence-electron chi connectivity index (χ0n) is 10.4. The average Bonchev–Trinajstić information content (AvgIpc) is 2.81. The van der Waals surface area contributed by atoms with Crippen LogP contribution in [0.4, 0.5) is 5.69 Å². The van der Waals surface area contributed by atoms with Gasteiger partial charge in [0.1, 0.15) is 5.69 Å². The lowest BCUT2D eigenvalue weighted by Crippen LogP contribution is -1.95. The summed E-state index contributed by atoms with van der Waals surface area (Å²) in [5.74, 6) is 0. The molecule has 0 unspecified atom stereocenters. The van der Waals surface area contributed by atoms with Gasteiger partial charge in [0.25, 0.3) is 0 Å². The Hall–Kier alpha value is -1.78. The van der Waals surface area contributed by atoms with Gasteiger partial charge in [-0.1, -0.05) is 35.9 Å². The van der Waals surface area contributed by atoms with Crippen LogP contribution in [0.3, 0.4) is 0 Å². The van der Waals surface area contributed by atoms with Crippen LogP contribution in [0, 0.1) is 0 Å². The minimum atomic E-state index is 0.614. The molecule has 3 aromatic rings. The van der Waals surface area contributed by atoms with Crippen molar-refractivity contribution in [3.8, 4) is 16.9 Å². The molecule has 0 aliphatic rings. The topological polar surface area (TPSA) is 43.8 Å². The number of nitrogen functional groups attached to an aromatic ring is 1. The highest BCUT2D eigenvalue weighted by molar-refractivity contribution is 9.10. The summed E-state index contributed by atoms with van der Waals surface area (Å²) in [5.41, 5.74) is 9.25. The molecule has 100 valence electrons. The summed E-state index contributed by atoms with van der Waals surface area (Å²) in [4.78, 5) is 0. The number of aromatic nitrogens is 2. The number of hydrogen-bond acceptors (Lipinski definition) is 2. The van der Waals surface area contributed by atoms with Crippen molar-refractivity contribution in [2.24, 2.45) is 0 Å². The lowest BCUT2D eigenvalue weighted by molar-refractivity contribution is 0.880. The van der Waals surface area contributed by atoms with Crippen molar-refractivity contribution in [2.45, 2.75) is 0 Å². The van der Waals surface area contributed by atoms with Gasteiger partial charge in [0.15, 0.2) is 0 Å². The van der Waals surface area contributed by atoms with Gasteiger partial charge in [-0.3, -0.25) is 0 Å². The Morgan fingerprint density at radius 2 is 1.90 bits per heavy atom. The van der Waals surface area contributed by atoms with Crippen molar-refractivity contribution in [1.82, 2.24) is 9.78 Å². The second kappa shape index (κ2) is 5.31. The quantitative estimate of drug-likeness (QED) is 0.739. The number of hydrogen-bond donors (Lipinski definition) is 1. The van der Waals surface area contributed by atoms with E-state index in [-0.39, 0.29) is 0 Å². The monoisotopic (exact) mass is 347 g/mol. The predicted octanol–water partition coefficient (Wildman–Crippen LogP) is 4.54. The van der Waals surface area contributed by atoms with Gasteiger partial charge >= 0.3 is 0 Å². The zero-order valence-corrected chi connectivity index (χ0v) is 12.8. The third-order valence-corrected chi connectivity index (χ3v) is 3.85. The summed E-state index contributed by atoms with van der Waals surface area (Å²) >= 11 is 9.53. The molecule has 0 fully saturated rings. The summed E-state index contributed by atoms with van der Waals surface area (Å²) in [6.07, 6.45) is 1.80. The Labute approximate surface area is 130 Å². The van der Waals surface area contributed by atoms with Crippen LogP contribution in [0.15, 0.2) is 59.2 Å². The molecule has 0 amide bonds. The van der Waals surface area contributed by atoms with Crippen LogP contribution in [0.2, 0.25) is 5.02 Å². The highest BCUT2D eigenvalue weighted by atomic mass is 79.9. The second-order valence-corrected chi connectivity index (χ2v) is 5.63. The van der Waals surface area contributed by atoms with E-state index in [1.807, 2.05) is 48.5 Å². The van der Waals surface area contributed by atoms with Crippen molar-refractivity contribution in [2.75, 3.05) is 5.73 Å². The molecule has 5 heteroatoms. The zero-order chi connectivity index (χ0) is 14.1. The third kappa shape index (κ3) is 2.44. The van der Waals surface area contributed by atoms with E-state index in [9.17, 15) is 0 Å². The van der Waals surface area contributed by atoms with Gasteiger partial charge in [-0.05, 0) is 40.2 Å². The predicted molar refractivity (Wildman–Crippen MR) is 86.1 cm³/mol. The number of nitrogens with zero attached hydrogens (tertiary/aromatic N) is 2. The number of para-hydroxylation sites is 1. The Bertz CT molecular complexity index is 767. The van der Waals surface area contributed by atoms with Crippen LogP contribution < -0.4 is 5.73 Å². The van der Waals surface area contributed by atoms with Gasteiger partial charge in [-0.25, -0.2) is 4.68 Å². The summed E-state index contributed by atoms with van der Waals surface area (Å²) in [6.45, 7) is 0. The highest BCUT2D eigenvalue weighted by Crippen LogP contribution is 2.29. The molecular weight excluding hydrogens is 338 g/mol. The summed E-state index contributed by atoms with van der Waals surface area (Å²) in [7, 11) is 0. The molecule has 0 bridgehead atoms. The van der Waals surface area contributed by atoms with Crippen LogP contribution in [0.25, 0.3) is 16.9 Å². The molecule has 0 aliphatic carbocycles. The van der Waals surface area contributed by atoms with Gasteiger partial charge < -0.3 is 5.73 Å². The Morgan fingerprint density at radius 1 is 1.10 bits per heavy atom. The molecule has 3 rings (SSSR count). The first kappa shape index (κ1) is 13.2. The maximum Gasteiger partial charge on any atom is 0.116 e. The molecule has 20 heavy (non-hydrogen) atoms. The lowest BCUT2D eigenvalue weighted by Gasteiger charge is -2.03. The number of anilines is 1. The molecule has 0 atom stereocenters. The first-order valence-corrected chi connectivity index (χ1v) is 7.18. The molecule has 2 N–H and O–H groups in total. The van der Waals surface area contributed by atoms with E-state index in [1.54, 1.807) is 10.9 Å². The van der Waals surface area contributed by atoms with Gasteiger partial charge in [0, 0.05) is 15.1 Å². The van der Waals surface area contributed by atoms with Crippen LogP contribution in [0.1, 0.15) is 0 Å². The molecule has 1 aromatic heterocycles. The fraction of sp³-hybridized carbons (Fsp3) is 0. The van der Waals surface area contributed by atoms with Gasteiger partial charge in [-0.15, -0.1) is 0 Å². The SMILES string of the molecule is Nc1cn(-c2ccccc2Br)nc1-c1cccc(Cl)c1. The Balaban J connectivity index is 2.10. The standard InChI is InChI=1S/C15H11BrClN3/c16-12-6-1-2-7-14(12)20-9-13(18)15(19-20)10-4-3-5-11(17)8-10/h1-9H,18H2. The van der Waals surface area contributed by atoms with Crippen LogP contribution >= 0.6 is 27.5 Å². The van der Waals surface area contributed by atoms with Gasteiger partial charge in [0.05, 0.1) is 17.6 Å². The second-order valence-electron chi connectivity index (χ2n) is 4.34. The largest absolute Gasteiger partial charge is 0.396 e. The van der Waals surface area contributed by atoms with E-state index in [1.165, 1.54) is 0 Å². The maximum atomic E-state index is 6.07. The van der Waals surface area contributed by atoms with Gasteiger partial charge in [-0.2, -0.15) is 5.10 Å². The van der Waals surface area contributed by atoms with Crippen molar-refractivity contribution in [1.29, 1.82) is 0 Å². The lowest BCUT2D eigenvalue weighted by atomic mass is 10.1. The van der Waals surface area contributed by atoms with Crippen molar-refractivity contribution < 1.29 is 0 Å². The number of nitrogens with two attached hydrogens (primary N) is 1. The van der Waals surface area contributed by atoms with E-state index in [4.69, 9.17) is 17.3 Å². The Morgan fingerprint density at radius 3 is 2.65 bits per heavy atom. The molecule has 0 spiro atoms. The highest BCUT2D eigenvalue weighted by Gasteiger charge is 2.11. The fourth-order valence-corrected chi connectivity index (χ4v) is 2.67. The van der Waals surface area contributed by atoms with Crippen molar-refractivity contribution in [3.05, 3.63) is 64.2 Å². The maximum absolute atomic E-state index is 6.07. The molecule has 0 aliphatic heterocycles. The molecule has 3 nitrogen and oxygen atoms in total. The first-order valence-electron chi connectivity index (χ1n) is 6.01. The first-order chi connectivity index (χ1) is 9.65.